The Hall–Kier alpha value is -1.65. The highest BCUT2D eigenvalue weighted by molar-refractivity contribution is 6.30. The average Bonchev–Trinajstić information content (AvgIpc) is 2.43. The lowest BCUT2D eigenvalue weighted by Crippen LogP contribution is -2.24. The molecule has 0 radical (unpaired) electrons. The molecule has 0 saturated carbocycles. The number of nitrogen functional groups attached to an aromatic ring is 1. The number of halogens is 2. The fraction of sp³-hybridized carbons (Fsp3) is 0.267. The van der Waals surface area contributed by atoms with Gasteiger partial charge in [-0.1, -0.05) is 30.7 Å². The Morgan fingerprint density at radius 2 is 2.05 bits per heavy atom. The maximum atomic E-state index is 12.9. The van der Waals surface area contributed by atoms with E-state index in [4.69, 9.17) is 17.3 Å². The van der Waals surface area contributed by atoms with E-state index in [1.165, 1.54) is 18.3 Å². The number of anilines is 1. The molecule has 0 fully saturated rings. The normalized spacial score (nSPS) is 12.3. The molecule has 5 heteroatoms. The van der Waals surface area contributed by atoms with Gasteiger partial charge < -0.3 is 11.1 Å². The van der Waals surface area contributed by atoms with Gasteiger partial charge in [-0.2, -0.15) is 0 Å². The zero-order valence-corrected chi connectivity index (χ0v) is 12.0. The van der Waals surface area contributed by atoms with Crippen LogP contribution in [-0.4, -0.2) is 11.5 Å². The number of rotatable bonds is 5. The van der Waals surface area contributed by atoms with Crippen molar-refractivity contribution in [2.75, 3.05) is 12.3 Å². The zero-order chi connectivity index (χ0) is 14.5. The van der Waals surface area contributed by atoms with Crippen LogP contribution in [0, 0.1) is 5.82 Å². The first-order valence-electron chi connectivity index (χ1n) is 6.49. The summed E-state index contributed by atoms with van der Waals surface area (Å²) < 4.78 is 12.9. The number of likely N-dealkylation sites (N-methyl/N-ethyl adjacent to an activating group) is 1. The average molecular weight is 294 g/mol. The van der Waals surface area contributed by atoms with Gasteiger partial charge in [0, 0.05) is 17.8 Å². The lowest BCUT2D eigenvalue weighted by molar-refractivity contribution is 0.549. The topological polar surface area (TPSA) is 50.9 Å². The smallest absolute Gasteiger partial charge is 0.128 e. The lowest BCUT2D eigenvalue weighted by Gasteiger charge is -2.20. The molecule has 1 heterocycles. The van der Waals surface area contributed by atoms with E-state index in [0.717, 1.165) is 17.7 Å². The van der Waals surface area contributed by atoms with Gasteiger partial charge in [-0.25, -0.2) is 9.37 Å². The van der Waals surface area contributed by atoms with Crippen molar-refractivity contribution in [3.8, 4) is 0 Å². The summed E-state index contributed by atoms with van der Waals surface area (Å²) >= 11 is 5.99. The van der Waals surface area contributed by atoms with E-state index in [-0.39, 0.29) is 11.9 Å². The third kappa shape index (κ3) is 3.68. The molecule has 3 N–H and O–H groups in total. The molecular weight excluding hydrogens is 277 g/mol. The van der Waals surface area contributed by atoms with Gasteiger partial charge in [-0.05, 0) is 36.7 Å². The standard InChI is InChI=1S/C15H17ClFN3/c1-2-19-14(7-10-3-5-12(17)6-4-10)13-8-11(16)9-20-15(13)18/h3-6,8-9,14,19H,2,7H2,1H3,(H2,18,20). The summed E-state index contributed by atoms with van der Waals surface area (Å²) in [7, 11) is 0. The van der Waals surface area contributed by atoms with Crippen molar-refractivity contribution in [1.29, 1.82) is 0 Å². The van der Waals surface area contributed by atoms with Gasteiger partial charge in [0.2, 0.25) is 0 Å². The second-order valence-corrected chi connectivity index (χ2v) is 5.01. The van der Waals surface area contributed by atoms with E-state index < -0.39 is 0 Å². The predicted molar refractivity (Wildman–Crippen MR) is 80.2 cm³/mol. The molecule has 106 valence electrons. The summed E-state index contributed by atoms with van der Waals surface area (Å²) in [5.74, 6) is 0.222. The Morgan fingerprint density at radius 1 is 1.35 bits per heavy atom. The second kappa shape index (κ2) is 6.68. The van der Waals surface area contributed by atoms with Crippen molar-refractivity contribution in [1.82, 2.24) is 10.3 Å². The molecule has 3 nitrogen and oxygen atoms in total. The van der Waals surface area contributed by atoms with E-state index in [1.807, 2.05) is 13.0 Å². The van der Waals surface area contributed by atoms with E-state index in [1.54, 1.807) is 12.1 Å². The minimum Gasteiger partial charge on any atom is -0.383 e. The van der Waals surface area contributed by atoms with Crippen LogP contribution in [0.4, 0.5) is 10.2 Å². The minimum atomic E-state index is -0.238. The molecule has 1 aromatic carbocycles. The van der Waals surface area contributed by atoms with Crippen molar-refractivity contribution < 1.29 is 4.39 Å². The van der Waals surface area contributed by atoms with Gasteiger partial charge >= 0.3 is 0 Å². The monoisotopic (exact) mass is 293 g/mol. The van der Waals surface area contributed by atoms with E-state index >= 15 is 0 Å². The fourth-order valence-electron chi connectivity index (χ4n) is 2.14. The first kappa shape index (κ1) is 14.8. The number of aromatic nitrogens is 1. The maximum Gasteiger partial charge on any atom is 0.128 e. The Kier molecular flexibility index (Phi) is 4.93. The van der Waals surface area contributed by atoms with Gasteiger partial charge in [-0.15, -0.1) is 0 Å². The number of pyridine rings is 1. The number of nitrogens with zero attached hydrogens (tertiary/aromatic N) is 1. The van der Waals surface area contributed by atoms with Gasteiger partial charge in [0.05, 0.1) is 5.02 Å². The fourth-order valence-corrected chi connectivity index (χ4v) is 2.31. The van der Waals surface area contributed by atoms with Crippen molar-refractivity contribution in [2.24, 2.45) is 0 Å². The molecule has 1 aromatic heterocycles. The van der Waals surface area contributed by atoms with Crippen LogP contribution >= 0.6 is 11.6 Å². The van der Waals surface area contributed by atoms with Crippen LogP contribution < -0.4 is 11.1 Å². The van der Waals surface area contributed by atoms with Gasteiger partial charge in [0.15, 0.2) is 0 Å². The largest absolute Gasteiger partial charge is 0.383 e. The number of nitrogens with two attached hydrogens (primary N) is 1. The van der Waals surface area contributed by atoms with Crippen LogP contribution in [0.2, 0.25) is 5.02 Å². The molecule has 0 saturated heterocycles. The Bertz CT molecular complexity index is 572. The molecule has 0 bridgehead atoms. The number of benzene rings is 1. The molecular formula is C15H17ClFN3. The molecule has 20 heavy (non-hydrogen) atoms. The van der Waals surface area contributed by atoms with E-state index in [0.29, 0.717) is 17.3 Å². The maximum absolute atomic E-state index is 12.9. The molecule has 0 spiro atoms. The predicted octanol–water partition coefficient (Wildman–Crippen LogP) is 3.35. The van der Waals surface area contributed by atoms with E-state index in [2.05, 4.69) is 10.3 Å². The summed E-state index contributed by atoms with van der Waals surface area (Å²) in [5.41, 5.74) is 7.82. The van der Waals surface area contributed by atoms with Crippen LogP contribution in [0.25, 0.3) is 0 Å². The van der Waals surface area contributed by atoms with Crippen LogP contribution in [-0.2, 0) is 6.42 Å². The van der Waals surface area contributed by atoms with Crippen molar-refractivity contribution >= 4 is 17.4 Å². The molecule has 0 aliphatic rings. The Labute approximate surface area is 123 Å². The third-order valence-electron chi connectivity index (χ3n) is 3.10. The summed E-state index contributed by atoms with van der Waals surface area (Å²) in [6, 6.07) is 8.27. The molecule has 1 atom stereocenters. The zero-order valence-electron chi connectivity index (χ0n) is 11.2. The van der Waals surface area contributed by atoms with Crippen molar-refractivity contribution in [2.45, 2.75) is 19.4 Å². The number of hydrogen-bond acceptors (Lipinski definition) is 3. The summed E-state index contributed by atoms with van der Waals surface area (Å²) in [6.07, 6.45) is 2.22. The first-order chi connectivity index (χ1) is 9.60. The van der Waals surface area contributed by atoms with E-state index in [9.17, 15) is 4.39 Å². The SMILES string of the molecule is CCNC(Cc1ccc(F)cc1)c1cc(Cl)cnc1N. The quantitative estimate of drug-likeness (QED) is 0.889. The molecule has 0 aliphatic heterocycles. The van der Waals surface area contributed by atoms with Crippen LogP contribution in [0.1, 0.15) is 24.1 Å². The number of hydrogen-bond donors (Lipinski definition) is 2. The molecule has 0 aliphatic carbocycles. The van der Waals surface area contributed by atoms with Crippen molar-refractivity contribution in [3.63, 3.8) is 0 Å². The highest BCUT2D eigenvalue weighted by Crippen LogP contribution is 2.25. The van der Waals surface area contributed by atoms with Gasteiger partial charge in [-0.3, -0.25) is 0 Å². The molecule has 0 amide bonds. The molecule has 2 rings (SSSR count). The lowest BCUT2D eigenvalue weighted by atomic mass is 9.99. The van der Waals surface area contributed by atoms with Crippen LogP contribution in [0.5, 0.6) is 0 Å². The van der Waals surface area contributed by atoms with Crippen molar-refractivity contribution in [3.05, 3.63) is 58.5 Å². The summed E-state index contributed by atoms with van der Waals surface area (Å²) in [4.78, 5) is 4.08. The Morgan fingerprint density at radius 3 is 2.70 bits per heavy atom. The first-order valence-corrected chi connectivity index (χ1v) is 6.86. The second-order valence-electron chi connectivity index (χ2n) is 4.57. The highest BCUT2D eigenvalue weighted by atomic mass is 35.5. The highest BCUT2D eigenvalue weighted by Gasteiger charge is 2.15. The van der Waals surface area contributed by atoms with Gasteiger partial charge in [0.25, 0.3) is 0 Å². The van der Waals surface area contributed by atoms with Crippen LogP contribution in [0.3, 0.4) is 0 Å². The minimum absolute atomic E-state index is 0.00309. The van der Waals surface area contributed by atoms with Gasteiger partial charge in [0.1, 0.15) is 11.6 Å². The summed E-state index contributed by atoms with van der Waals surface area (Å²) in [6.45, 7) is 2.81. The number of nitrogens with one attached hydrogen (secondary N) is 1. The third-order valence-corrected chi connectivity index (χ3v) is 3.30. The molecule has 1 unspecified atom stereocenters. The summed E-state index contributed by atoms with van der Waals surface area (Å²) in [5, 5.41) is 3.91. The Balaban J connectivity index is 2.26. The molecule has 2 aromatic rings. The van der Waals surface area contributed by atoms with Crippen LogP contribution in [0.15, 0.2) is 36.5 Å².